The zero-order chi connectivity index (χ0) is 58.6. The summed E-state index contributed by atoms with van der Waals surface area (Å²) in [4.78, 5) is 64.7. The third-order valence-corrected chi connectivity index (χ3v) is 19.1. The first kappa shape index (κ1) is 60.6. The highest BCUT2D eigenvalue weighted by Crippen LogP contribution is 2.37. The summed E-state index contributed by atoms with van der Waals surface area (Å²) < 4.78 is 25.7. The van der Waals surface area contributed by atoms with E-state index in [1.165, 1.54) is 21.7 Å². The zero-order valence-corrected chi connectivity index (χ0v) is 51.1. The number of aliphatic imine (C=N–C) groups is 2. The molecule has 6 aromatic carbocycles. The molecule has 11 rings (SSSR count). The van der Waals surface area contributed by atoms with Crippen LogP contribution in [0, 0.1) is 0 Å². The molecule has 428 valence electrons. The molecule has 5 aliphatic heterocycles. The van der Waals surface area contributed by atoms with E-state index in [2.05, 4.69) is 34.4 Å². The Kier molecular flexibility index (Phi) is 19.4. The number of fused-ring (bicyclic) bond motifs is 3. The molecule has 0 fully saturated rings. The van der Waals surface area contributed by atoms with Crippen LogP contribution in [0.3, 0.4) is 0 Å². The molecule has 0 radical (unpaired) electrons. The van der Waals surface area contributed by atoms with Crippen molar-refractivity contribution in [3.63, 3.8) is 0 Å². The lowest BCUT2D eigenvalue weighted by atomic mass is 9.89. The highest BCUT2D eigenvalue weighted by molar-refractivity contribution is 7.89. The van der Waals surface area contributed by atoms with Crippen molar-refractivity contribution in [3.05, 3.63) is 206 Å². The number of benzene rings is 6. The van der Waals surface area contributed by atoms with Crippen molar-refractivity contribution >= 4 is 115 Å². The number of nitrogens with zero attached hydrogens (tertiary/aromatic N) is 6. The smallest absolute Gasteiger partial charge is 0.233 e. The van der Waals surface area contributed by atoms with Crippen molar-refractivity contribution in [1.82, 2.24) is 24.3 Å². The highest BCUT2D eigenvalue weighted by Gasteiger charge is 2.35. The van der Waals surface area contributed by atoms with Gasteiger partial charge in [0.1, 0.15) is 18.0 Å². The van der Waals surface area contributed by atoms with Gasteiger partial charge in [0.2, 0.25) is 27.7 Å². The van der Waals surface area contributed by atoms with Crippen molar-refractivity contribution in [2.24, 2.45) is 9.98 Å². The standard InChI is InChI=1S/C22H23Cl2N3O3S.C21H21Cl2N3O.C19H17Cl2NO2/c1-14-15-5-3-6-17(22-25-10-12-27(22)31(2,29)30)16(15)9-11-26(14)21(28)13-18-19(23)7-4-8-20(18)24;1-13-14-4-2-5-16(21-24-9-10-25-21)15(14)8-11-26(13)20(27)12-17-18(22)6-3-7-19(17)23;1-12-14-5-2-4-13(11-23)15(14)8-9-22(12)19(24)10-16-17(20)6-3-7-18(16)21/h3-8,14H,9-13H2,1-2H3;2-7,13H,8-12H2,1H3,(H,24,25);2-7,11-12H,8-10H2,1H3/t14-;13-;12-/m000/s1. The van der Waals surface area contributed by atoms with Crippen LogP contribution in [0.25, 0.3) is 0 Å². The highest BCUT2D eigenvalue weighted by atomic mass is 35.5. The molecule has 3 amide bonds. The number of sulfonamides is 1. The van der Waals surface area contributed by atoms with Crippen LogP contribution in [0.4, 0.5) is 0 Å². The minimum Gasteiger partial charge on any atom is -0.368 e. The van der Waals surface area contributed by atoms with Gasteiger partial charge in [-0.2, -0.15) is 0 Å². The molecule has 0 spiro atoms. The molecule has 82 heavy (non-hydrogen) atoms. The SMILES string of the molecule is C[C@H]1c2cccc(C3=NCCN3)c2CCN1C(=O)Cc1c(Cl)cccc1Cl.C[C@H]1c2cccc(C3=NCCN3S(C)(=O)=O)c2CCN1C(=O)Cc1c(Cl)cccc1Cl.C[C@H]1c2cccc(C=O)c2CCN1C(=O)Cc1c(Cl)cccc1Cl. The van der Waals surface area contributed by atoms with E-state index in [-0.39, 0.29) is 55.1 Å². The zero-order valence-electron chi connectivity index (χ0n) is 45.7. The molecule has 0 saturated carbocycles. The number of carbonyl (C=O) groups excluding carboxylic acids is 4. The topological polar surface area (TPSA) is 152 Å². The molecule has 0 aromatic heterocycles. The van der Waals surface area contributed by atoms with E-state index in [1.807, 2.05) is 71.0 Å². The van der Waals surface area contributed by atoms with E-state index >= 15 is 0 Å². The Labute approximate surface area is 509 Å². The minimum atomic E-state index is -3.39. The lowest BCUT2D eigenvalue weighted by Gasteiger charge is -2.37. The number of aldehydes is 1. The molecule has 3 atom stereocenters. The van der Waals surface area contributed by atoms with Gasteiger partial charge in [-0.05, 0) is 127 Å². The van der Waals surface area contributed by atoms with Crippen LogP contribution in [-0.4, -0.2) is 115 Å². The summed E-state index contributed by atoms with van der Waals surface area (Å²) in [7, 11) is -3.39. The van der Waals surface area contributed by atoms with Gasteiger partial charge in [0, 0.05) is 73.0 Å². The largest absolute Gasteiger partial charge is 0.368 e. The minimum absolute atomic E-state index is 0.00414. The van der Waals surface area contributed by atoms with Crippen LogP contribution >= 0.6 is 69.6 Å². The monoisotopic (exact) mass is 1240 g/mol. The summed E-state index contributed by atoms with van der Waals surface area (Å²) in [5.41, 5.74) is 11.3. The summed E-state index contributed by atoms with van der Waals surface area (Å²) >= 11 is 37.4. The third-order valence-electron chi connectivity index (χ3n) is 15.9. The Morgan fingerprint density at radius 3 is 1.30 bits per heavy atom. The molecule has 0 aliphatic carbocycles. The summed E-state index contributed by atoms with van der Waals surface area (Å²) in [6.45, 7) is 10.4. The van der Waals surface area contributed by atoms with Gasteiger partial charge in [0.05, 0.1) is 63.3 Å². The average molecular weight is 1240 g/mol. The second-order valence-electron chi connectivity index (χ2n) is 20.6. The van der Waals surface area contributed by atoms with E-state index in [4.69, 9.17) is 69.6 Å². The van der Waals surface area contributed by atoms with Crippen LogP contribution in [0.15, 0.2) is 119 Å². The van der Waals surface area contributed by atoms with Crippen LogP contribution < -0.4 is 5.32 Å². The Balaban J connectivity index is 0.000000149. The number of nitrogens with one attached hydrogen (secondary N) is 1. The first-order valence-electron chi connectivity index (χ1n) is 27.1. The molecule has 5 heterocycles. The average Bonchev–Trinajstić information content (AvgIpc) is 4.33. The Hall–Kier alpha value is -5.97. The first-order valence-corrected chi connectivity index (χ1v) is 31.2. The molecular weight excluding hydrogens is 1180 g/mol. The number of carbonyl (C=O) groups is 4. The normalized spacial score (nSPS) is 18.1. The quantitative estimate of drug-likeness (QED) is 0.134. The second kappa shape index (κ2) is 26.3. The number of amidine groups is 2. The fourth-order valence-electron chi connectivity index (χ4n) is 11.6. The maximum absolute atomic E-state index is 13.1. The Bertz CT molecular complexity index is 3590. The molecule has 6 aromatic rings. The van der Waals surface area contributed by atoms with Gasteiger partial charge in [-0.1, -0.05) is 142 Å². The number of hydrogen-bond acceptors (Lipinski definition) is 9. The molecule has 20 heteroatoms. The van der Waals surface area contributed by atoms with Crippen molar-refractivity contribution in [3.8, 4) is 0 Å². The van der Waals surface area contributed by atoms with E-state index in [0.29, 0.717) is 104 Å². The fraction of sp³-hybridized carbons (Fsp3) is 0.323. The summed E-state index contributed by atoms with van der Waals surface area (Å²) in [5, 5.41) is 6.40. The van der Waals surface area contributed by atoms with E-state index in [1.54, 1.807) is 54.6 Å². The summed E-state index contributed by atoms with van der Waals surface area (Å²) in [5.74, 6) is 1.45. The van der Waals surface area contributed by atoms with Crippen molar-refractivity contribution in [1.29, 1.82) is 0 Å². The molecule has 0 unspecified atom stereocenters. The maximum atomic E-state index is 13.1. The first-order chi connectivity index (χ1) is 39.3. The van der Waals surface area contributed by atoms with E-state index in [9.17, 15) is 27.6 Å². The number of hydrogen-bond donors (Lipinski definition) is 1. The van der Waals surface area contributed by atoms with Crippen molar-refractivity contribution < 1.29 is 27.6 Å². The van der Waals surface area contributed by atoms with E-state index in [0.717, 1.165) is 65.0 Å². The van der Waals surface area contributed by atoms with E-state index < -0.39 is 10.0 Å². The number of halogens is 6. The predicted octanol–water partition coefficient (Wildman–Crippen LogP) is 12.2. The van der Waals surface area contributed by atoms with Crippen molar-refractivity contribution in [2.45, 2.75) is 77.4 Å². The molecule has 13 nitrogen and oxygen atoms in total. The van der Waals surface area contributed by atoms with Crippen LogP contribution in [0.2, 0.25) is 30.1 Å². The molecule has 0 saturated heterocycles. The fourth-order valence-corrected chi connectivity index (χ4v) is 14.1. The van der Waals surface area contributed by atoms with Crippen molar-refractivity contribution in [2.75, 3.05) is 52.1 Å². The molecule has 5 aliphatic rings. The third kappa shape index (κ3) is 13.0. The van der Waals surface area contributed by atoms with Gasteiger partial charge in [-0.3, -0.25) is 33.5 Å². The summed E-state index contributed by atoms with van der Waals surface area (Å²) in [6.07, 6.45) is 4.71. The Morgan fingerprint density at radius 2 is 0.902 bits per heavy atom. The van der Waals surface area contributed by atoms with Gasteiger partial charge in [0.25, 0.3) is 0 Å². The van der Waals surface area contributed by atoms with Gasteiger partial charge in [0.15, 0.2) is 0 Å². The molecule has 0 bridgehead atoms. The van der Waals surface area contributed by atoms with Gasteiger partial charge in [-0.25, -0.2) is 8.42 Å². The lowest BCUT2D eigenvalue weighted by Crippen LogP contribution is -2.41. The summed E-state index contributed by atoms with van der Waals surface area (Å²) in [6, 6.07) is 33.3. The maximum Gasteiger partial charge on any atom is 0.233 e. The second-order valence-corrected chi connectivity index (χ2v) is 25.0. The van der Waals surface area contributed by atoms with Gasteiger partial charge >= 0.3 is 0 Å². The lowest BCUT2D eigenvalue weighted by molar-refractivity contribution is -0.133. The van der Waals surface area contributed by atoms with Gasteiger partial charge < -0.3 is 20.0 Å². The van der Waals surface area contributed by atoms with Crippen LogP contribution in [0.1, 0.15) is 110 Å². The van der Waals surface area contributed by atoms with Crippen LogP contribution in [0.5, 0.6) is 0 Å². The molecule has 1 N–H and O–H groups in total. The molecular formula is C62H61Cl6N7O6S. The van der Waals surface area contributed by atoms with Gasteiger partial charge in [-0.15, -0.1) is 0 Å². The van der Waals surface area contributed by atoms with Crippen LogP contribution in [-0.2, 0) is 62.9 Å². The number of rotatable bonds is 10. The number of amides is 3. The predicted molar refractivity (Wildman–Crippen MR) is 329 cm³/mol. The Morgan fingerprint density at radius 1 is 0.524 bits per heavy atom.